The van der Waals surface area contributed by atoms with Crippen molar-refractivity contribution in [1.29, 1.82) is 0 Å². The standard InChI is InChI=1S/C4H5IO2/c5-3-1-2-4(6)7/h1-2H,3H2,(H,6,7)/b2-1-. The number of aliphatic carboxylic acids is 1. The van der Waals surface area contributed by atoms with E-state index in [9.17, 15) is 4.79 Å². The predicted molar refractivity (Wildman–Crippen MR) is 35.7 cm³/mol. The highest BCUT2D eigenvalue weighted by atomic mass is 127. The van der Waals surface area contributed by atoms with Gasteiger partial charge in [-0.25, -0.2) is 4.79 Å². The Labute approximate surface area is 55.4 Å². The summed E-state index contributed by atoms with van der Waals surface area (Å²) in [7, 11) is 0. The summed E-state index contributed by atoms with van der Waals surface area (Å²) in [5.74, 6) is -0.878. The lowest BCUT2D eigenvalue weighted by Gasteiger charge is -1.72. The number of carbonyl (C=O) groups is 1. The summed E-state index contributed by atoms with van der Waals surface area (Å²) in [5.41, 5.74) is 0. The van der Waals surface area contributed by atoms with E-state index >= 15 is 0 Å². The van der Waals surface area contributed by atoms with Gasteiger partial charge in [0.1, 0.15) is 0 Å². The van der Waals surface area contributed by atoms with E-state index in [4.69, 9.17) is 5.11 Å². The van der Waals surface area contributed by atoms with Gasteiger partial charge in [0.2, 0.25) is 0 Å². The van der Waals surface area contributed by atoms with Crippen molar-refractivity contribution in [2.24, 2.45) is 0 Å². The zero-order valence-corrected chi connectivity index (χ0v) is 5.75. The number of carboxylic acids is 1. The monoisotopic (exact) mass is 212 g/mol. The molecule has 0 aromatic rings. The van der Waals surface area contributed by atoms with Gasteiger partial charge in [-0.2, -0.15) is 0 Å². The largest absolute Gasteiger partial charge is 0.478 e. The zero-order valence-electron chi connectivity index (χ0n) is 3.60. The van der Waals surface area contributed by atoms with Crippen molar-refractivity contribution in [3.63, 3.8) is 0 Å². The lowest BCUT2D eigenvalue weighted by molar-refractivity contribution is -0.131. The summed E-state index contributed by atoms with van der Waals surface area (Å²) < 4.78 is 0.754. The van der Waals surface area contributed by atoms with Crippen molar-refractivity contribution >= 4 is 28.6 Å². The average molecular weight is 212 g/mol. The van der Waals surface area contributed by atoms with Crippen LogP contribution in [0.5, 0.6) is 0 Å². The van der Waals surface area contributed by atoms with Gasteiger partial charge in [-0.1, -0.05) is 28.7 Å². The van der Waals surface area contributed by atoms with E-state index in [1.54, 1.807) is 6.08 Å². The lowest BCUT2D eigenvalue weighted by Crippen LogP contribution is -1.84. The fourth-order valence-corrected chi connectivity index (χ4v) is 0.400. The maximum absolute atomic E-state index is 9.67. The van der Waals surface area contributed by atoms with Gasteiger partial charge in [0.25, 0.3) is 0 Å². The molecular formula is C4H5IO2. The van der Waals surface area contributed by atoms with Crippen molar-refractivity contribution in [3.05, 3.63) is 12.2 Å². The second-order valence-electron chi connectivity index (χ2n) is 0.895. The normalized spacial score (nSPS) is 9.86. The molecule has 0 aromatic carbocycles. The van der Waals surface area contributed by atoms with Gasteiger partial charge in [0.15, 0.2) is 0 Å². The van der Waals surface area contributed by atoms with Crippen LogP contribution in [-0.2, 0) is 4.79 Å². The highest BCUT2D eigenvalue weighted by molar-refractivity contribution is 14.1. The molecule has 0 saturated carbocycles. The Kier molecular flexibility index (Phi) is 4.07. The molecule has 0 aliphatic rings. The van der Waals surface area contributed by atoms with Crippen LogP contribution >= 0.6 is 22.6 Å². The van der Waals surface area contributed by atoms with Crippen LogP contribution < -0.4 is 0 Å². The molecule has 0 heterocycles. The van der Waals surface area contributed by atoms with Crippen molar-refractivity contribution in [2.75, 3.05) is 4.43 Å². The Balaban J connectivity index is 3.26. The molecule has 0 rings (SSSR count). The van der Waals surface area contributed by atoms with Crippen LogP contribution in [-0.4, -0.2) is 15.5 Å². The number of hydrogen-bond donors (Lipinski definition) is 1. The van der Waals surface area contributed by atoms with Gasteiger partial charge in [-0.15, -0.1) is 0 Å². The van der Waals surface area contributed by atoms with Crippen LogP contribution in [0.3, 0.4) is 0 Å². The third kappa shape index (κ3) is 5.94. The first-order valence-corrected chi connectivity index (χ1v) is 3.25. The number of alkyl halides is 1. The maximum atomic E-state index is 9.67. The van der Waals surface area contributed by atoms with Crippen molar-refractivity contribution in [2.45, 2.75) is 0 Å². The Morgan fingerprint density at radius 3 is 2.57 bits per heavy atom. The molecule has 0 bridgehead atoms. The molecule has 0 aliphatic heterocycles. The minimum Gasteiger partial charge on any atom is -0.478 e. The summed E-state index contributed by atoms with van der Waals surface area (Å²) >= 11 is 2.07. The molecule has 0 aromatic heterocycles. The van der Waals surface area contributed by atoms with Crippen LogP contribution in [0.15, 0.2) is 12.2 Å². The van der Waals surface area contributed by atoms with Gasteiger partial charge in [-0.3, -0.25) is 0 Å². The highest BCUT2D eigenvalue weighted by Gasteiger charge is 1.79. The Morgan fingerprint density at radius 1 is 1.86 bits per heavy atom. The summed E-state index contributed by atoms with van der Waals surface area (Å²) in [4.78, 5) is 9.67. The first kappa shape index (κ1) is 6.94. The molecule has 3 heteroatoms. The Hall–Kier alpha value is -0.0600. The summed E-state index contributed by atoms with van der Waals surface area (Å²) in [6.45, 7) is 0. The fraction of sp³-hybridized carbons (Fsp3) is 0.250. The van der Waals surface area contributed by atoms with E-state index in [1.807, 2.05) is 0 Å². The van der Waals surface area contributed by atoms with E-state index in [0.29, 0.717) is 0 Å². The summed E-state index contributed by atoms with van der Waals surface area (Å²) in [6, 6.07) is 0. The van der Waals surface area contributed by atoms with E-state index in [-0.39, 0.29) is 0 Å². The minimum absolute atomic E-state index is 0.754. The first-order chi connectivity index (χ1) is 3.27. The Morgan fingerprint density at radius 2 is 2.43 bits per heavy atom. The van der Waals surface area contributed by atoms with E-state index < -0.39 is 5.97 Å². The molecule has 0 radical (unpaired) electrons. The molecule has 0 aliphatic carbocycles. The van der Waals surface area contributed by atoms with Gasteiger partial charge >= 0.3 is 5.97 Å². The third-order valence-corrected chi connectivity index (χ3v) is 0.858. The second-order valence-corrected chi connectivity index (χ2v) is 1.78. The van der Waals surface area contributed by atoms with E-state index in [1.165, 1.54) is 0 Å². The number of rotatable bonds is 2. The molecule has 7 heavy (non-hydrogen) atoms. The van der Waals surface area contributed by atoms with Crippen molar-refractivity contribution < 1.29 is 9.90 Å². The van der Waals surface area contributed by atoms with Crippen LogP contribution in [0.25, 0.3) is 0 Å². The molecular weight excluding hydrogens is 207 g/mol. The number of allylic oxidation sites excluding steroid dienone is 1. The van der Waals surface area contributed by atoms with Gasteiger partial charge in [0, 0.05) is 10.5 Å². The molecule has 0 atom stereocenters. The molecule has 2 nitrogen and oxygen atoms in total. The molecule has 0 unspecified atom stereocenters. The smallest absolute Gasteiger partial charge is 0.328 e. The molecule has 1 N–H and O–H groups in total. The SMILES string of the molecule is O=C(O)/C=C\CI. The third-order valence-electron chi connectivity index (χ3n) is 0.350. The van der Waals surface area contributed by atoms with E-state index in [2.05, 4.69) is 22.6 Å². The molecule has 0 spiro atoms. The quantitative estimate of drug-likeness (QED) is 0.422. The van der Waals surface area contributed by atoms with Crippen LogP contribution in [0.4, 0.5) is 0 Å². The average Bonchev–Trinajstić information content (AvgIpc) is 1.61. The van der Waals surface area contributed by atoms with Crippen molar-refractivity contribution in [3.8, 4) is 0 Å². The van der Waals surface area contributed by atoms with Gasteiger partial charge in [-0.05, 0) is 0 Å². The number of hydrogen-bond acceptors (Lipinski definition) is 1. The second kappa shape index (κ2) is 4.11. The van der Waals surface area contributed by atoms with Gasteiger partial charge < -0.3 is 5.11 Å². The zero-order chi connectivity index (χ0) is 5.70. The lowest BCUT2D eigenvalue weighted by atomic mass is 10.5. The fourth-order valence-electron chi connectivity index (χ4n) is 0.145. The van der Waals surface area contributed by atoms with Crippen molar-refractivity contribution in [1.82, 2.24) is 0 Å². The maximum Gasteiger partial charge on any atom is 0.328 e. The van der Waals surface area contributed by atoms with Crippen LogP contribution in [0.1, 0.15) is 0 Å². The van der Waals surface area contributed by atoms with Crippen LogP contribution in [0, 0.1) is 0 Å². The predicted octanol–water partition coefficient (Wildman–Crippen LogP) is 1.06. The minimum atomic E-state index is -0.878. The number of halogens is 1. The number of carboxylic acid groups (broad SMARTS) is 1. The van der Waals surface area contributed by atoms with Crippen LogP contribution in [0.2, 0.25) is 0 Å². The molecule has 40 valence electrons. The Bertz CT molecular complexity index is 87.7. The van der Waals surface area contributed by atoms with E-state index in [0.717, 1.165) is 10.5 Å². The molecule has 0 saturated heterocycles. The molecule has 0 amide bonds. The first-order valence-electron chi connectivity index (χ1n) is 1.73. The topological polar surface area (TPSA) is 37.3 Å². The highest BCUT2D eigenvalue weighted by Crippen LogP contribution is 1.80. The summed E-state index contributed by atoms with van der Waals surface area (Å²) in [6.07, 6.45) is 2.72. The van der Waals surface area contributed by atoms with Gasteiger partial charge in [0.05, 0.1) is 0 Å². The summed E-state index contributed by atoms with van der Waals surface area (Å²) in [5, 5.41) is 7.95. The molecule has 0 fully saturated rings.